The van der Waals surface area contributed by atoms with E-state index in [0.717, 1.165) is 0 Å². The van der Waals surface area contributed by atoms with Gasteiger partial charge in [-0.1, -0.05) is 23.7 Å². The van der Waals surface area contributed by atoms with Crippen LogP contribution < -0.4 is 9.47 Å². The van der Waals surface area contributed by atoms with Gasteiger partial charge in [0.25, 0.3) is 0 Å². The second kappa shape index (κ2) is 5.44. The van der Waals surface area contributed by atoms with E-state index in [1.165, 1.54) is 0 Å². The van der Waals surface area contributed by atoms with Gasteiger partial charge in [-0.2, -0.15) is 5.26 Å². The summed E-state index contributed by atoms with van der Waals surface area (Å²) in [5.41, 5.74) is 0.420. The molecule has 0 radical (unpaired) electrons. The van der Waals surface area contributed by atoms with Crippen LogP contribution in [0.2, 0.25) is 5.02 Å². The van der Waals surface area contributed by atoms with Crippen LogP contribution in [0, 0.1) is 11.3 Å². The lowest BCUT2D eigenvalue weighted by atomic mass is 10.2. The molecule has 0 saturated heterocycles. The molecular formula is C14H10ClNO2. The number of nitriles is 1. The molecule has 18 heavy (non-hydrogen) atoms. The van der Waals surface area contributed by atoms with Gasteiger partial charge in [0.15, 0.2) is 11.5 Å². The van der Waals surface area contributed by atoms with Crippen LogP contribution in [-0.4, -0.2) is 7.11 Å². The molecule has 0 fully saturated rings. The third-order valence-electron chi connectivity index (χ3n) is 2.36. The summed E-state index contributed by atoms with van der Waals surface area (Å²) in [7, 11) is 1.58. The van der Waals surface area contributed by atoms with Gasteiger partial charge in [0, 0.05) is 6.07 Å². The van der Waals surface area contributed by atoms with Gasteiger partial charge in [0.2, 0.25) is 0 Å². The Hall–Kier alpha value is -2.18. The first-order chi connectivity index (χ1) is 8.74. The number of rotatable bonds is 3. The van der Waals surface area contributed by atoms with Crippen molar-refractivity contribution in [3.8, 4) is 23.3 Å². The Kier molecular flexibility index (Phi) is 3.71. The molecule has 2 rings (SSSR count). The zero-order valence-corrected chi connectivity index (χ0v) is 10.4. The molecular weight excluding hydrogens is 250 g/mol. The van der Waals surface area contributed by atoms with Gasteiger partial charge in [-0.3, -0.25) is 0 Å². The van der Waals surface area contributed by atoms with Gasteiger partial charge >= 0.3 is 0 Å². The zero-order valence-electron chi connectivity index (χ0n) is 9.68. The summed E-state index contributed by atoms with van der Waals surface area (Å²) in [6, 6.07) is 14.2. The highest BCUT2D eigenvalue weighted by Gasteiger charge is 2.06. The van der Waals surface area contributed by atoms with E-state index in [-0.39, 0.29) is 0 Å². The van der Waals surface area contributed by atoms with Crippen molar-refractivity contribution < 1.29 is 9.47 Å². The molecule has 2 aromatic carbocycles. The van der Waals surface area contributed by atoms with Crippen LogP contribution in [0.3, 0.4) is 0 Å². The Labute approximate surface area is 110 Å². The molecule has 0 aliphatic heterocycles. The van der Waals surface area contributed by atoms with Crippen LogP contribution in [0.1, 0.15) is 5.56 Å². The predicted molar refractivity (Wildman–Crippen MR) is 69.2 cm³/mol. The third-order valence-corrected chi connectivity index (χ3v) is 2.67. The van der Waals surface area contributed by atoms with Crippen LogP contribution in [0.5, 0.6) is 17.2 Å². The molecule has 0 unspecified atom stereocenters. The van der Waals surface area contributed by atoms with Crippen molar-refractivity contribution in [2.24, 2.45) is 0 Å². The van der Waals surface area contributed by atoms with E-state index in [2.05, 4.69) is 0 Å². The van der Waals surface area contributed by atoms with Crippen molar-refractivity contribution in [2.75, 3.05) is 7.11 Å². The Bertz CT molecular complexity index is 605. The minimum absolute atomic E-state index is 0.366. The Morgan fingerprint density at radius 1 is 1.11 bits per heavy atom. The van der Waals surface area contributed by atoms with E-state index in [1.54, 1.807) is 37.4 Å². The molecule has 90 valence electrons. The number of nitrogens with zero attached hydrogens (tertiary/aromatic N) is 1. The van der Waals surface area contributed by atoms with Gasteiger partial charge in [-0.25, -0.2) is 0 Å². The van der Waals surface area contributed by atoms with E-state index in [1.807, 2.05) is 18.2 Å². The lowest BCUT2D eigenvalue weighted by Gasteiger charge is -2.10. The summed E-state index contributed by atoms with van der Waals surface area (Å²) in [6.45, 7) is 0. The summed E-state index contributed by atoms with van der Waals surface area (Å²) in [4.78, 5) is 0. The molecule has 4 heteroatoms. The topological polar surface area (TPSA) is 42.2 Å². The molecule has 0 aromatic heterocycles. The number of hydrogen-bond acceptors (Lipinski definition) is 3. The van der Waals surface area contributed by atoms with Crippen molar-refractivity contribution in [1.29, 1.82) is 5.26 Å². The third kappa shape index (κ3) is 2.55. The van der Waals surface area contributed by atoms with Gasteiger partial charge in [0.1, 0.15) is 11.8 Å². The van der Waals surface area contributed by atoms with Crippen molar-refractivity contribution in [2.45, 2.75) is 0 Å². The lowest BCUT2D eigenvalue weighted by molar-refractivity contribution is 0.379. The Morgan fingerprint density at radius 3 is 2.44 bits per heavy atom. The fraction of sp³-hybridized carbons (Fsp3) is 0.0714. The lowest BCUT2D eigenvalue weighted by Crippen LogP contribution is -1.90. The number of halogens is 1. The highest BCUT2D eigenvalue weighted by Crippen LogP contribution is 2.32. The van der Waals surface area contributed by atoms with E-state index in [4.69, 9.17) is 26.3 Å². The fourth-order valence-corrected chi connectivity index (χ4v) is 1.69. The van der Waals surface area contributed by atoms with Crippen molar-refractivity contribution >= 4 is 11.6 Å². The second-order valence-corrected chi connectivity index (χ2v) is 3.91. The summed E-state index contributed by atoms with van der Waals surface area (Å²) in [6.07, 6.45) is 0. The van der Waals surface area contributed by atoms with Crippen LogP contribution in [0.4, 0.5) is 0 Å². The molecule has 0 atom stereocenters. The molecule has 0 heterocycles. The zero-order chi connectivity index (χ0) is 13.0. The van der Waals surface area contributed by atoms with Crippen molar-refractivity contribution in [3.05, 3.63) is 53.1 Å². The van der Waals surface area contributed by atoms with Gasteiger partial charge < -0.3 is 9.47 Å². The monoisotopic (exact) mass is 259 g/mol. The molecule has 2 aromatic rings. The largest absolute Gasteiger partial charge is 0.493 e. The molecule has 0 aliphatic rings. The van der Waals surface area contributed by atoms with Crippen LogP contribution >= 0.6 is 11.6 Å². The van der Waals surface area contributed by atoms with E-state index < -0.39 is 0 Å². The summed E-state index contributed by atoms with van der Waals surface area (Å²) < 4.78 is 10.8. The van der Waals surface area contributed by atoms with Crippen molar-refractivity contribution in [1.82, 2.24) is 0 Å². The molecule has 0 spiro atoms. The first-order valence-corrected chi connectivity index (χ1v) is 5.63. The van der Waals surface area contributed by atoms with E-state index in [0.29, 0.717) is 27.8 Å². The van der Waals surface area contributed by atoms with Crippen LogP contribution in [-0.2, 0) is 0 Å². The highest BCUT2D eigenvalue weighted by molar-refractivity contribution is 6.31. The average molecular weight is 260 g/mol. The smallest absolute Gasteiger partial charge is 0.169 e. The maximum Gasteiger partial charge on any atom is 0.169 e. The predicted octanol–water partition coefficient (Wildman–Crippen LogP) is 4.01. The van der Waals surface area contributed by atoms with Crippen LogP contribution in [0.25, 0.3) is 0 Å². The number of benzene rings is 2. The highest BCUT2D eigenvalue weighted by atomic mass is 35.5. The molecule has 0 N–H and O–H groups in total. The van der Waals surface area contributed by atoms with E-state index in [9.17, 15) is 0 Å². The van der Waals surface area contributed by atoms with Gasteiger partial charge in [-0.05, 0) is 24.3 Å². The normalized spacial score (nSPS) is 9.61. The Balaban J connectivity index is 2.29. The van der Waals surface area contributed by atoms with Crippen LogP contribution in [0.15, 0.2) is 42.5 Å². The minimum atomic E-state index is 0.366. The summed E-state index contributed by atoms with van der Waals surface area (Å²) in [5, 5.41) is 9.15. The van der Waals surface area contributed by atoms with E-state index >= 15 is 0 Å². The first-order valence-electron chi connectivity index (χ1n) is 5.25. The maximum atomic E-state index is 8.79. The van der Waals surface area contributed by atoms with Crippen molar-refractivity contribution in [3.63, 3.8) is 0 Å². The molecule has 0 amide bonds. The number of ether oxygens (including phenoxy) is 2. The molecule has 0 bridgehead atoms. The number of methoxy groups -OCH3 is 1. The summed E-state index contributed by atoms with van der Waals surface area (Å²) >= 11 is 5.94. The minimum Gasteiger partial charge on any atom is -0.493 e. The Morgan fingerprint density at radius 2 is 1.83 bits per heavy atom. The quantitative estimate of drug-likeness (QED) is 0.836. The van der Waals surface area contributed by atoms with Gasteiger partial charge in [-0.15, -0.1) is 0 Å². The average Bonchev–Trinajstić information content (AvgIpc) is 2.39. The first kappa shape index (κ1) is 12.3. The standard InChI is InChI=1S/C14H10ClNO2/c1-17-13-4-2-3-5-14(13)18-11-7-6-10(9-16)12(15)8-11/h2-8H,1H3. The van der Waals surface area contributed by atoms with Gasteiger partial charge in [0.05, 0.1) is 17.7 Å². The number of para-hydroxylation sites is 2. The fourth-order valence-electron chi connectivity index (χ4n) is 1.48. The summed E-state index contributed by atoms with van der Waals surface area (Å²) in [5.74, 6) is 1.79. The molecule has 0 aliphatic carbocycles. The molecule has 3 nitrogen and oxygen atoms in total. The second-order valence-electron chi connectivity index (χ2n) is 3.51. The number of hydrogen-bond donors (Lipinski definition) is 0. The molecule has 0 saturated carbocycles. The maximum absolute atomic E-state index is 8.79. The SMILES string of the molecule is COc1ccccc1Oc1ccc(C#N)c(Cl)c1.